The van der Waals surface area contributed by atoms with Crippen LogP contribution in [0.15, 0.2) is 206 Å². The maximum absolute atomic E-state index is 2.51. The first-order chi connectivity index (χ1) is 30.3. The molecule has 12 rings (SSSR count). The number of para-hydroxylation sites is 2. The van der Waals surface area contributed by atoms with E-state index in [-0.39, 0.29) is 10.8 Å². The van der Waals surface area contributed by atoms with Crippen molar-refractivity contribution < 1.29 is 0 Å². The molecule has 1 aromatic heterocycles. The van der Waals surface area contributed by atoms with E-state index in [1.807, 2.05) is 0 Å². The van der Waals surface area contributed by atoms with E-state index in [1.54, 1.807) is 0 Å². The molecule has 2 heteroatoms. The first-order valence-electron chi connectivity index (χ1n) is 21.9. The zero-order valence-electron chi connectivity index (χ0n) is 35.5. The van der Waals surface area contributed by atoms with E-state index in [4.69, 9.17) is 0 Å². The molecule has 0 N–H and O–H groups in total. The largest absolute Gasteiger partial charge is 0.310 e. The summed E-state index contributed by atoms with van der Waals surface area (Å²) in [6.45, 7) is 9.50. The van der Waals surface area contributed by atoms with Crippen molar-refractivity contribution in [3.05, 3.63) is 229 Å². The minimum atomic E-state index is -0.128. The Labute approximate surface area is 364 Å². The molecule has 0 atom stereocenters. The van der Waals surface area contributed by atoms with Crippen LogP contribution in [0.3, 0.4) is 0 Å². The molecule has 2 aliphatic rings. The summed E-state index contributed by atoms with van der Waals surface area (Å²) in [4.78, 5) is 2.51. The average Bonchev–Trinajstić information content (AvgIpc) is 3.87. The number of fused-ring (bicyclic) bond motifs is 9. The summed E-state index contributed by atoms with van der Waals surface area (Å²) in [5.41, 5.74) is 22.4. The van der Waals surface area contributed by atoms with Gasteiger partial charge in [0.25, 0.3) is 0 Å². The van der Waals surface area contributed by atoms with Crippen molar-refractivity contribution in [2.24, 2.45) is 0 Å². The van der Waals surface area contributed by atoms with Crippen LogP contribution >= 0.6 is 0 Å². The van der Waals surface area contributed by atoms with E-state index < -0.39 is 0 Å². The highest BCUT2D eigenvalue weighted by atomic mass is 15.1. The van der Waals surface area contributed by atoms with E-state index in [0.717, 1.165) is 11.4 Å². The van der Waals surface area contributed by atoms with Crippen LogP contribution in [0.5, 0.6) is 0 Å². The highest BCUT2D eigenvalue weighted by molar-refractivity contribution is 6.10. The highest BCUT2D eigenvalue weighted by Gasteiger charge is 2.39. The number of hydrogen-bond donors (Lipinski definition) is 0. The van der Waals surface area contributed by atoms with E-state index >= 15 is 0 Å². The Morgan fingerprint density at radius 3 is 1.74 bits per heavy atom. The Kier molecular flexibility index (Phi) is 7.96. The fraction of sp³-hybridized carbons (Fsp3) is 0.100. The lowest BCUT2D eigenvalue weighted by molar-refractivity contribution is 0.660. The van der Waals surface area contributed by atoms with E-state index in [1.165, 1.54) is 99.9 Å². The molecule has 0 unspecified atom stereocenters. The third kappa shape index (κ3) is 5.29. The summed E-state index contributed by atoms with van der Waals surface area (Å²) in [7, 11) is 0. The molecule has 0 aliphatic heterocycles. The van der Waals surface area contributed by atoms with Gasteiger partial charge >= 0.3 is 0 Å². The quantitative estimate of drug-likeness (QED) is 0.163. The average molecular weight is 795 g/mol. The third-order valence-electron chi connectivity index (χ3n) is 13.9. The van der Waals surface area contributed by atoms with Crippen LogP contribution in [0.4, 0.5) is 17.1 Å². The lowest BCUT2D eigenvalue weighted by Crippen LogP contribution is -2.16. The van der Waals surface area contributed by atoms with Gasteiger partial charge in [-0.05, 0) is 122 Å². The summed E-state index contributed by atoms with van der Waals surface area (Å²) < 4.78 is 2.39. The van der Waals surface area contributed by atoms with E-state index in [0.29, 0.717) is 0 Å². The van der Waals surface area contributed by atoms with Crippen LogP contribution in [0.2, 0.25) is 0 Å². The monoisotopic (exact) mass is 794 g/mol. The molecule has 10 aromatic rings. The Balaban J connectivity index is 1.05. The van der Waals surface area contributed by atoms with Crippen LogP contribution in [-0.4, -0.2) is 4.57 Å². The third-order valence-corrected chi connectivity index (χ3v) is 13.9. The number of nitrogens with zero attached hydrogens (tertiary/aromatic N) is 2. The van der Waals surface area contributed by atoms with Gasteiger partial charge in [-0.1, -0.05) is 173 Å². The molecule has 2 aliphatic carbocycles. The molecule has 9 aromatic carbocycles. The summed E-state index contributed by atoms with van der Waals surface area (Å²) >= 11 is 0. The molecule has 0 saturated carbocycles. The van der Waals surface area contributed by atoms with Crippen molar-refractivity contribution in [2.75, 3.05) is 4.90 Å². The minimum absolute atomic E-state index is 0.128. The second-order valence-electron chi connectivity index (χ2n) is 18.1. The summed E-state index contributed by atoms with van der Waals surface area (Å²) in [5.74, 6) is 0. The van der Waals surface area contributed by atoms with Gasteiger partial charge in [-0.3, -0.25) is 0 Å². The molecular weight excluding hydrogens is 749 g/mol. The Morgan fingerprint density at radius 2 is 0.935 bits per heavy atom. The van der Waals surface area contributed by atoms with Crippen LogP contribution < -0.4 is 4.90 Å². The van der Waals surface area contributed by atoms with Crippen molar-refractivity contribution in [3.8, 4) is 50.2 Å². The molecular formula is C60H46N2. The van der Waals surface area contributed by atoms with Gasteiger partial charge in [0.05, 0.1) is 16.7 Å². The van der Waals surface area contributed by atoms with Gasteiger partial charge < -0.3 is 9.47 Å². The highest BCUT2D eigenvalue weighted by Crippen LogP contribution is 2.56. The molecule has 1 heterocycles. The predicted octanol–water partition coefficient (Wildman–Crippen LogP) is 16.2. The number of benzene rings is 9. The second-order valence-corrected chi connectivity index (χ2v) is 18.1. The zero-order valence-corrected chi connectivity index (χ0v) is 35.5. The Hall–Kier alpha value is -7.42. The van der Waals surface area contributed by atoms with Crippen LogP contribution in [0.1, 0.15) is 49.9 Å². The van der Waals surface area contributed by atoms with Gasteiger partial charge in [0, 0.05) is 44.2 Å². The normalized spacial score (nSPS) is 14.1. The summed E-state index contributed by atoms with van der Waals surface area (Å²) in [6, 6.07) is 76.5. The summed E-state index contributed by atoms with van der Waals surface area (Å²) in [6.07, 6.45) is 0. The van der Waals surface area contributed by atoms with Crippen LogP contribution in [0, 0.1) is 0 Å². The lowest BCUT2D eigenvalue weighted by Gasteiger charge is -2.30. The van der Waals surface area contributed by atoms with Gasteiger partial charge in [0.2, 0.25) is 0 Å². The van der Waals surface area contributed by atoms with Crippen molar-refractivity contribution in [1.29, 1.82) is 0 Å². The molecule has 0 spiro atoms. The van der Waals surface area contributed by atoms with E-state index in [9.17, 15) is 0 Å². The zero-order chi connectivity index (χ0) is 41.7. The SMILES string of the molecule is CC1(C)c2ccccc2-c2c(N(c3cccc(-c4ccc5c(c4)c4ccccc4n5-c4ccccc4)c3)c3cccc(-c4cccc5c4C(C)(C)c4ccccc4-5)c3)cccc21. The first-order valence-corrected chi connectivity index (χ1v) is 21.9. The molecule has 0 saturated heterocycles. The second kappa shape index (κ2) is 13.5. The fourth-order valence-electron chi connectivity index (χ4n) is 11.1. The number of rotatable bonds is 6. The fourth-order valence-corrected chi connectivity index (χ4v) is 11.1. The number of hydrogen-bond acceptors (Lipinski definition) is 1. The van der Waals surface area contributed by atoms with Crippen molar-refractivity contribution in [1.82, 2.24) is 4.57 Å². The lowest BCUT2D eigenvalue weighted by atomic mass is 9.79. The molecule has 0 radical (unpaired) electrons. The molecule has 296 valence electrons. The maximum Gasteiger partial charge on any atom is 0.0543 e. The summed E-state index contributed by atoms with van der Waals surface area (Å²) in [5, 5.41) is 2.50. The van der Waals surface area contributed by atoms with Crippen molar-refractivity contribution in [3.63, 3.8) is 0 Å². The Morgan fingerprint density at radius 1 is 0.371 bits per heavy atom. The van der Waals surface area contributed by atoms with Gasteiger partial charge in [0.1, 0.15) is 0 Å². The molecule has 62 heavy (non-hydrogen) atoms. The molecule has 0 amide bonds. The maximum atomic E-state index is 2.51. The van der Waals surface area contributed by atoms with Crippen LogP contribution in [-0.2, 0) is 10.8 Å². The number of anilines is 3. The molecule has 0 bridgehead atoms. The standard InChI is InChI=1S/C60H46N2/c1-59(2)52-30-12-9-26-49(52)57-53(59)31-17-33-56(57)61(44-23-15-19-41(37-44)45-27-16-28-48-46-24-8-11-29-51(46)60(3,4)58(45)48)43-22-14-18-39(36-43)40-34-35-55-50(38-40)47-25-10-13-32-54(47)62(55)42-20-6-5-7-21-42/h5-38H,1-4H3. The smallest absolute Gasteiger partial charge is 0.0543 e. The first kappa shape index (κ1) is 36.4. The number of aromatic nitrogens is 1. The topological polar surface area (TPSA) is 8.17 Å². The van der Waals surface area contributed by atoms with Crippen LogP contribution in [0.25, 0.3) is 72.0 Å². The van der Waals surface area contributed by atoms with Crippen molar-refractivity contribution in [2.45, 2.75) is 38.5 Å². The predicted molar refractivity (Wildman–Crippen MR) is 261 cm³/mol. The molecule has 0 fully saturated rings. The Bertz CT molecular complexity index is 3420. The van der Waals surface area contributed by atoms with Gasteiger partial charge in [-0.2, -0.15) is 0 Å². The van der Waals surface area contributed by atoms with E-state index in [2.05, 4.69) is 243 Å². The minimum Gasteiger partial charge on any atom is -0.310 e. The van der Waals surface area contributed by atoms with Gasteiger partial charge in [-0.25, -0.2) is 0 Å². The van der Waals surface area contributed by atoms with Gasteiger partial charge in [0.15, 0.2) is 0 Å². The molecule has 2 nitrogen and oxygen atoms in total. The van der Waals surface area contributed by atoms with Crippen molar-refractivity contribution >= 4 is 38.9 Å². The van der Waals surface area contributed by atoms with Gasteiger partial charge in [-0.15, -0.1) is 0 Å².